The van der Waals surface area contributed by atoms with Gasteiger partial charge in [0.1, 0.15) is 0 Å². The Balaban J connectivity index is 0.000000211. The molecular weight excluding hydrogens is 282 g/mol. The van der Waals surface area contributed by atoms with Gasteiger partial charge in [0.15, 0.2) is 11.6 Å². The van der Waals surface area contributed by atoms with Crippen LogP contribution in [0.25, 0.3) is 0 Å². The van der Waals surface area contributed by atoms with Crippen molar-refractivity contribution in [2.45, 2.75) is 32.3 Å². The highest BCUT2D eigenvalue weighted by Crippen LogP contribution is 2.27. The highest BCUT2D eigenvalue weighted by molar-refractivity contribution is 5.70. The van der Waals surface area contributed by atoms with Crippen molar-refractivity contribution >= 4 is 5.97 Å². The van der Waals surface area contributed by atoms with E-state index in [0.717, 1.165) is 18.9 Å². The molecule has 6 heteroatoms. The molecule has 1 atom stereocenters. The maximum atomic E-state index is 12.5. The third-order valence-corrected chi connectivity index (χ3v) is 3.26. The fraction of sp³-hybridized carbons (Fsp3) is 0.533. The molecule has 0 saturated carbocycles. The van der Waals surface area contributed by atoms with Crippen LogP contribution in [0.1, 0.15) is 26.7 Å². The van der Waals surface area contributed by atoms with Crippen LogP contribution in [0.2, 0.25) is 0 Å². The van der Waals surface area contributed by atoms with E-state index in [0.29, 0.717) is 6.61 Å². The smallest absolute Gasteiger partial charge is 0.308 e. The van der Waals surface area contributed by atoms with E-state index < -0.39 is 17.6 Å². The molecular formula is C15H20F2O4. The van der Waals surface area contributed by atoms with Crippen molar-refractivity contribution in [3.8, 4) is 5.75 Å². The van der Waals surface area contributed by atoms with Crippen LogP contribution >= 0.6 is 0 Å². The first kappa shape index (κ1) is 17.4. The lowest BCUT2D eigenvalue weighted by molar-refractivity contribution is -0.152. The summed E-state index contributed by atoms with van der Waals surface area (Å²) in [7, 11) is 1.29. The minimum absolute atomic E-state index is 0.0694. The number of benzene rings is 1. The summed E-state index contributed by atoms with van der Waals surface area (Å²) < 4.78 is 34.7. The second-order valence-electron chi connectivity index (χ2n) is 5.40. The van der Waals surface area contributed by atoms with Crippen LogP contribution in [0.15, 0.2) is 18.2 Å². The first-order valence-electron chi connectivity index (χ1n) is 6.61. The topological polar surface area (TPSA) is 55.8 Å². The second kappa shape index (κ2) is 7.36. The van der Waals surface area contributed by atoms with Crippen LogP contribution < -0.4 is 4.74 Å². The van der Waals surface area contributed by atoms with Crippen LogP contribution in [0, 0.1) is 17.6 Å². The van der Waals surface area contributed by atoms with Crippen molar-refractivity contribution in [2.75, 3.05) is 13.7 Å². The molecule has 2 rings (SSSR count). The van der Waals surface area contributed by atoms with Crippen LogP contribution in [-0.4, -0.2) is 30.4 Å². The van der Waals surface area contributed by atoms with Gasteiger partial charge in [0.2, 0.25) is 5.82 Å². The summed E-state index contributed by atoms with van der Waals surface area (Å²) in [5.74, 6) is -2.92. The summed E-state index contributed by atoms with van der Waals surface area (Å²) in [6.45, 7) is 4.35. The quantitative estimate of drug-likeness (QED) is 0.911. The minimum atomic E-state index is -0.940. The molecule has 118 valence electrons. The first-order chi connectivity index (χ1) is 9.76. The SMILES string of the molecule is CC1(C)CCC(C(=O)O)CO1.COc1cccc(F)c1F. The average molecular weight is 302 g/mol. The molecule has 1 heterocycles. The summed E-state index contributed by atoms with van der Waals surface area (Å²) in [5, 5.41) is 8.63. The van der Waals surface area contributed by atoms with Gasteiger partial charge in [-0.25, -0.2) is 4.39 Å². The van der Waals surface area contributed by atoms with E-state index in [9.17, 15) is 13.6 Å². The zero-order valence-corrected chi connectivity index (χ0v) is 12.4. The summed E-state index contributed by atoms with van der Waals surface area (Å²) >= 11 is 0. The van der Waals surface area contributed by atoms with Gasteiger partial charge in [0.25, 0.3) is 0 Å². The molecule has 4 nitrogen and oxygen atoms in total. The van der Waals surface area contributed by atoms with Crippen LogP contribution in [0.4, 0.5) is 8.78 Å². The Kier molecular flexibility index (Phi) is 6.08. The molecule has 0 aliphatic carbocycles. The molecule has 1 saturated heterocycles. The van der Waals surface area contributed by atoms with Gasteiger partial charge in [-0.15, -0.1) is 0 Å². The number of carboxylic acids is 1. The van der Waals surface area contributed by atoms with Crippen molar-refractivity contribution in [2.24, 2.45) is 5.92 Å². The van der Waals surface area contributed by atoms with E-state index in [4.69, 9.17) is 9.84 Å². The van der Waals surface area contributed by atoms with Crippen LogP contribution in [0.5, 0.6) is 5.75 Å². The zero-order chi connectivity index (χ0) is 16.0. The molecule has 1 aromatic carbocycles. The Morgan fingerprint density at radius 3 is 2.52 bits per heavy atom. The number of carbonyl (C=O) groups is 1. The molecule has 0 amide bonds. The number of aliphatic carboxylic acids is 1. The second-order valence-corrected chi connectivity index (χ2v) is 5.40. The van der Waals surface area contributed by atoms with E-state index in [1.54, 1.807) is 0 Å². The Labute approximate surface area is 122 Å². The summed E-state index contributed by atoms with van der Waals surface area (Å²) in [5.41, 5.74) is -0.119. The molecule has 0 spiro atoms. The van der Waals surface area contributed by atoms with Gasteiger partial charge in [0, 0.05) is 0 Å². The number of hydrogen-bond acceptors (Lipinski definition) is 3. The monoisotopic (exact) mass is 302 g/mol. The Morgan fingerprint density at radius 1 is 1.43 bits per heavy atom. The van der Waals surface area contributed by atoms with E-state index in [1.165, 1.54) is 19.2 Å². The summed E-state index contributed by atoms with van der Waals surface area (Å²) in [4.78, 5) is 10.5. The molecule has 1 aliphatic rings. The predicted octanol–water partition coefficient (Wildman–Crippen LogP) is 3.25. The summed E-state index contributed by atoms with van der Waals surface area (Å²) in [6.07, 6.45) is 1.58. The van der Waals surface area contributed by atoms with Gasteiger partial charge >= 0.3 is 5.97 Å². The molecule has 21 heavy (non-hydrogen) atoms. The van der Waals surface area contributed by atoms with Gasteiger partial charge in [-0.2, -0.15) is 4.39 Å². The number of hydrogen-bond donors (Lipinski definition) is 1. The predicted molar refractivity (Wildman–Crippen MR) is 73.3 cm³/mol. The number of carboxylic acid groups (broad SMARTS) is 1. The van der Waals surface area contributed by atoms with Crippen molar-refractivity contribution in [1.82, 2.24) is 0 Å². The number of methoxy groups -OCH3 is 1. The third-order valence-electron chi connectivity index (χ3n) is 3.26. The van der Waals surface area contributed by atoms with Crippen molar-refractivity contribution < 1.29 is 28.2 Å². The fourth-order valence-electron chi connectivity index (χ4n) is 1.84. The van der Waals surface area contributed by atoms with Gasteiger partial charge in [-0.3, -0.25) is 4.79 Å². The molecule has 0 bridgehead atoms. The molecule has 1 aromatic rings. The minimum Gasteiger partial charge on any atom is -0.494 e. The Hall–Kier alpha value is -1.69. The van der Waals surface area contributed by atoms with Crippen LogP contribution in [0.3, 0.4) is 0 Å². The van der Waals surface area contributed by atoms with Gasteiger partial charge in [-0.05, 0) is 38.8 Å². The van der Waals surface area contributed by atoms with Crippen molar-refractivity contribution in [3.05, 3.63) is 29.8 Å². The average Bonchev–Trinajstić information content (AvgIpc) is 2.42. The molecule has 1 N–H and O–H groups in total. The lowest BCUT2D eigenvalue weighted by atomic mass is 9.92. The molecule has 0 aromatic heterocycles. The fourth-order valence-corrected chi connectivity index (χ4v) is 1.84. The van der Waals surface area contributed by atoms with Crippen molar-refractivity contribution in [1.29, 1.82) is 0 Å². The van der Waals surface area contributed by atoms with Crippen molar-refractivity contribution in [3.63, 3.8) is 0 Å². The van der Waals surface area contributed by atoms with Gasteiger partial charge in [0.05, 0.1) is 25.2 Å². The highest BCUT2D eigenvalue weighted by atomic mass is 19.2. The van der Waals surface area contributed by atoms with E-state index in [1.807, 2.05) is 13.8 Å². The lowest BCUT2D eigenvalue weighted by Gasteiger charge is -2.32. The van der Waals surface area contributed by atoms with Gasteiger partial charge < -0.3 is 14.6 Å². The number of ether oxygens (including phenoxy) is 2. The Bertz CT molecular complexity index is 479. The molecule has 0 radical (unpaired) electrons. The largest absolute Gasteiger partial charge is 0.494 e. The maximum Gasteiger partial charge on any atom is 0.308 e. The van der Waals surface area contributed by atoms with Crippen LogP contribution in [-0.2, 0) is 9.53 Å². The van der Waals surface area contributed by atoms with Gasteiger partial charge in [-0.1, -0.05) is 6.07 Å². The van der Waals surface area contributed by atoms with E-state index in [-0.39, 0.29) is 17.3 Å². The summed E-state index contributed by atoms with van der Waals surface area (Å²) in [6, 6.07) is 3.79. The van der Waals surface area contributed by atoms with E-state index >= 15 is 0 Å². The molecule has 1 aliphatic heterocycles. The maximum absolute atomic E-state index is 12.5. The molecule has 1 fully saturated rings. The molecule has 1 unspecified atom stereocenters. The van der Waals surface area contributed by atoms with E-state index in [2.05, 4.69) is 4.74 Å². The Morgan fingerprint density at radius 2 is 2.10 bits per heavy atom. The first-order valence-corrected chi connectivity index (χ1v) is 6.61. The normalized spacial score (nSPS) is 20.1. The number of halogens is 2. The highest BCUT2D eigenvalue weighted by Gasteiger charge is 2.30. The standard InChI is InChI=1S/C8H14O3.C7H6F2O/c1-8(2)4-3-6(5-11-8)7(9)10;1-10-6-4-2-3-5(8)7(6)9/h6H,3-5H2,1-2H3,(H,9,10);2-4H,1H3. The third kappa shape index (κ3) is 5.30. The zero-order valence-electron chi connectivity index (χ0n) is 12.4. The number of rotatable bonds is 2. The lowest BCUT2D eigenvalue weighted by Crippen LogP contribution is -2.36.